The first kappa shape index (κ1) is 26.1. The van der Waals surface area contributed by atoms with Gasteiger partial charge in [-0.3, -0.25) is 9.59 Å². The first-order chi connectivity index (χ1) is 15.5. The molecule has 1 aliphatic carbocycles. The van der Waals surface area contributed by atoms with Crippen LogP contribution in [-0.2, 0) is 38.1 Å². The summed E-state index contributed by atoms with van der Waals surface area (Å²) in [7, 11) is 0. The van der Waals surface area contributed by atoms with Crippen molar-refractivity contribution in [3.05, 3.63) is 47.1 Å². The van der Waals surface area contributed by atoms with Crippen LogP contribution >= 0.6 is 0 Å². The Bertz CT molecular complexity index is 909. The van der Waals surface area contributed by atoms with E-state index in [2.05, 4.69) is 6.58 Å². The fraction of sp³-hybridized carbons (Fsp3) is 0.500. The van der Waals surface area contributed by atoms with Crippen molar-refractivity contribution in [1.29, 1.82) is 0 Å². The van der Waals surface area contributed by atoms with E-state index < -0.39 is 48.1 Å². The summed E-state index contributed by atoms with van der Waals surface area (Å²) < 4.78 is 21.8. The van der Waals surface area contributed by atoms with Gasteiger partial charge in [0.25, 0.3) is 0 Å². The molecule has 180 valence electrons. The molecule has 1 N–H and O–H groups in total. The van der Waals surface area contributed by atoms with Crippen molar-refractivity contribution in [2.24, 2.45) is 5.92 Å². The van der Waals surface area contributed by atoms with Crippen molar-refractivity contribution in [3.8, 4) is 0 Å². The van der Waals surface area contributed by atoms with Gasteiger partial charge in [-0.1, -0.05) is 18.2 Å². The molecule has 9 nitrogen and oxygen atoms in total. The molecule has 0 radical (unpaired) electrons. The van der Waals surface area contributed by atoms with Gasteiger partial charge in [-0.25, -0.2) is 9.59 Å². The number of fused-ring (bicyclic) bond motifs is 1. The molecule has 1 saturated heterocycles. The zero-order valence-electron chi connectivity index (χ0n) is 19.3. The number of carbonyl (C=O) groups excluding carboxylic acids is 4. The lowest BCUT2D eigenvalue weighted by Gasteiger charge is -2.29. The Labute approximate surface area is 192 Å². The molecule has 9 heteroatoms. The molecule has 1 aliphatic heterocycles. The maximum absolute atomic E-state index is 12.5. The highest BCUT2D eigenvalue weighted by Crippen LogP contribution is 2.37. The van der Waals surface area contributed by atoms with Crippen LogP contribution in [-0.4, -0.2) is 60.5 Å². The first-order valence-electron chi connectivity index (χ1n) is 10.6. The molecule has 2 aliphatic rings. The van der Waals surface area contributed by atoms with Crippen LogP contribution in [0.3, 0.4) is 0 Å². The van der Waals surface area contributed by atoms with Crippen molar-refractivity contribution in [2.75, 3.05) is 13.2 Å². The summed E-state index contributed by atoms with van der Waals surface area (Å²) in [5.74, 6) is -3.02. The van der Waals surface area contributed by atoms with E-state index in [4.69, 9.17) is 24.1 Å². The summed E-state index contributed by atoms with van der Waals surface area (Å²) in [5.41, 5.74) is 1.63. The van der Waals surface area contributed by atoms with Gasteiger partial charge in [0.2, 0.25) is 0 Å². The van der Waals surface area contributed by atoms with Gasteiger partial charge in [0.15, 0.2) is 0 Å². The Morgan fingerprint density at radius 1 is 1.21 bits per heavy atom. The van der Waals surface area contributed by atoms with Gasteiger partial charge in [-0.05, 0) is 26.0 Å². The molecule has 0 unspecified atom stereocenters. The summed E-state index contributed by atoms with van der Waals surface area (Å²) in [6.45, 7) is 9.23. The molecule has 1 heterocycles. The van der Waals surface area contributed by atoms with E-state index in [0.29, 0.717) is 5.57 Å². The number of aliphatic hydroxyl groups is 1. The van der Waals surface area contributed by atoms with E-state index in [-0.39, 0.29) is 37.2 Å². The summed E-state index contributed by atoms with van der Waals surface area (Å²) in [6.07, 6.45) is 2.92. The molecular formula is C24H30O9. The van der Waals surface area contributed by atoms with E-state index in [1.807, 2.05) is 13.0 Å². The minimum Gasteiger partial charge on any atom is -0.461 e. The van der Waals surface area contributed by atoms with Gasteiger partial charge < -0.3 is 24.1 Å². The van der Waals surface area contributed by atoms with Crippen molar-refractivity contribution in [1.82, 2.24) is 0 Å². The summed E-state index contributed by atoms with van der Waals surface area (Å²) in [5, 5.41) is 9.07. The van der Waals surface area contributed by atoms with Crippen molar-refractivity contribution < 1.29 is 43.2 Å². The Morgan fingerprint density at radius 2 is 1.91 bits per heavy atom. The third kappa shape index (κ3) is 7.15. The molecule has 33 heavy (non-hydrogen) atoms. The van der Waals surface area contributed by atoms with Crippen LogP contribution in [0.2, 0.25) is 0 Å². The predicted molar refractivity (Wildman–Crippen MR) is 116 cm³/mol. The van der Waals surface area contributed by atoms with Gasteiger partial charge in [0.05, 0.1) is 12.5 Å². The van der Waals surface area contributed by atoms with Crippen LogP contribution < -0.4 is 0 Å². The largest absolute Gasteiger partial charge is 0.461 e. The van der Waals surface area contributed by atoms with E-state index in [1.54, 1.807) is 6.08 Å². The normalized spacial score (nSPS) is 28.9. The fourth-order valence-electron chi connectivity index (χ4n) is 3.70. The second kappa shape index (κ2) is 11.6. The number of hydrogen-bond donors (Lipinski definition) is 1. The van der Waals surface area contributed by atoms with Crippen LogP contribution in [0.5, 0.6) is 0 Å². The Morgan fingerprint density at radius 3 is 2.52 bits per heavy atom. The second-order valence-corrected chi connectivity index (χ2v) is 8.04. The second-order valence-electron chi connectivity index (χ2n) is 8.04. The zero-order valence-corrected chi connectivity index (χ0v) is 19.3. The Balaban J connectivity index is 2.51. The van der Waals surface area contributed by atoms with Gasteiger partial charge >= 0.3 is 23.9 Å². The van der Waals surface area contributed by atoms with Gasteiger partial charge in [-0.15, -0.1) is 0 Å². The Hall–Kier alpha value is -3.20. The molecule has 1 fully saturated rings. The lowest BCUT2D eigenvalue weighted by Crippen LogP contribution is -2.35. The smallest absolute Gasteiger partial charge is 0.334 e. The average molecular weight is 462 g/mol. The minimum atomic E-state index is -0.876. The first-order valence-corrected chi connectivity index (χ1v) is 10.6. The van der Waals surface area contributed by atoms with Crippen LogP contribution in [0.1, 0.15) is 40.5 Å². The quantitative estimate of drug-likeness (QED) is 0.273. The zero-order chi connectivity index (χ0) is 24.7. The van der Waals surface area contributed by atoms with Crippen LogP contribution in [0, 0.1) is 5.92 Å². The van der Waals surface area contributed by atoms with E-state index >= 15 is 0 Å². The third-order valence-corrected chi connectivity index (χ3v) is 5.39. The van der Waals surface area contributed by atoms with Crippen molar-refractivity contribution >= 4 is 23.9 Å². The lowest BCUT2D eigenvalue weighted by atomic mass is 9.85. The van der Waals surface area contributed by atoms with Crippen LogP contribution in [0.4, 0.5) is 0 Å². The molecule has 4 atom stereocenters. The standard InChI is InChI=1S/C24H30O9/c1-13-6-7-19(31-17(5)27)18(12-30-16(4)26)11-21-22(15(3)24(29)33-21)20(10-13)32-23(28)14(2)8-9-25/h6,8,11,19-22,25H,3,7,9-10,12H2,1-2,4-5H3/b13-6+,14-8+,18-11-/t19-,20+,21+,22+/m0/s1. The fourth-order valence-corrected chi connectivity index (χ4v) is 3.70. The molecule has 0 spiro atoms. The van der Waals surface area contributed by atoms with Gasteiger partial charge in [0.1, 0.15) is 24.9 Å². The molecule has 0 amide bonds. The molecule has 0 aromatic heterocycles. The summed E-state index contributed by atoms with van der Waals surface area (Å²) in [4.78, 5) is 48.1. The molecule has 0 saturated carbocycles. The number of carbonyl (C=O) groups is 4. The number of rotatable bonds is 6. The molecule has 0 aromatic rings. The van der Waals surface area contributed by atoms with Crippen LogP contribution in [0.25, 0.3) is 0 Å². The van der Waals surface area contributed by atoms with Crippen molar-refractivity contribution in [3.63, 3.8) is 0 Å². The van der Waals surface area contributed by atoms with E-state index in [9.17, 15) is 19.2 Å². The molecule has 0 aromatic carbocycles. The maximum Gasteiger partial charge on any atom is 0.334 e. The maximum atomic E-state index is 12.5. The summed E-state index contributed by atoms with van der Waals surface area (Å²) in [6, 6.07) is 0. The monoisotopic (exact) mass is 462 g/mol. The third-order valence-electron chi connectivity index (χ3n) is 5.39. The topological polar surface area (TPSA) is 125 Å². The highest BCUT2D eigenvalue weighted by Gasteiger charge is 2.45. The predicted octanol–water partition coefficient (Wildman–Crippen LogP) is 2.10. The van der Waals surface area contributed by atoms with E-state index in [0.717, 1.165) is 5.57 Å². The summed E-state index contributed by atoms with van der Waals surface area (Å²) >= 11 is 0. The molecular weight excluding hydrogens is 432 g/mol. The number of esters is 4. The molecule has 2 rings (SSSR count). The van der Waals surface area contributed by atoms with Gasteiger partial charge in [-0.2, -0.15) is 0 Å². The average Bonchev–Trinajstić information content (AvgIpc) is 3.00. The molecule has 0 bridgehead atoms. The number of ether oxygens (including phenoxy) is 4. The highest BCUT2D eigenvalue weighted by molar-refractivity contribution is 5.92. The van der Waals surface area contributed by atoms with Crippen LogP contribution in [0.15, 0.2) is 47.1 Å². The van der Waals surface area contributed by atoms with E-state index in [1.165, 1.54) is 26.8 Å². The highest BCUT2D eigenvalue weighted by atomic mass is 16.6. The van der Waals surface area contributed by atoms with Gasteiger partial charge in [0, 0.05) is 43.4 Å². The number of aliphatic hydroxyl groups excluding tert-OH is 1. The lowest BCUT2D eigenvalue weighted by molar-refractivity contribution is -0.148. The SMILES string of the molecule is C=C1C(=O)O[C@@H]2/C=C(/COC(C)=O)[C@@H](OC(C)=O)C/C=C(\C)C[C@@H](OC(=O)/C(C)=C/CO)[C@@H]12. The minimum absolute atomic E-state index is 0.141. The number of hydrogen-bond acceptors (Lipinski definition) is 9. The Kier molecular flexibility index (Phi) is 9.16. The van der Waals surface area contributed by atoms with Crippen molar-refractivity contribution in [2.45, 2.75) is 58.8 Å².